The SMILES string of the molecule is COc1ccc(P(C)(C)=O)cc1C. The molecule has 1 aromatic rings. The van der Waals surface area contributed by atoms with Crippen molar-refractivity contribution in [1.82, 2.24) is 0 Å². The zero-order chi connectivity index (χ0) is 10.1. The van der Waals surface area contributed by atoms with E-state index in [-0.39, 0.29) is 0 Å². The van der Waals surface area contributed by atoms with Crippen LogP contribution in [0.25, 0.3) is 0 Å². The maximum atomic E-state index is 11.7. The van der Waals surface area contributed by atoms with Crippen LogP contribution in [0.4, 0.5) is 0 Å². The highest BCUT2D eigenvalue weighted by molar-refractivity contribution is 7.70. The van der Waals surface area contributed by atoms with Crippen molar-refractivity contribution in [1.29, 1.82) is 0 Å². The number of ether oxygens (including phenoxy) is 1. The fourth-order valence-corrected chi connectivity index (χ4v) is 2.14. The Labute approximate surface area is 79.3 Å². The molecule has 0 unspecified atom stereocenters. The lowest BCUT2D eigenvalue weighted by atomic mass is 10.2. The standard InChI is InChI=1S/C10H15O2P/c1-8-7-9(13(3,4)11)5-6-10(8)12-2/h5-7H,1-4H3. The molecule has 72 valence electrons. The third-order valence-corrected chi connectivity index (χ3v) is 3.52. The smallest absolute Gasteiger partial charge is 0.121 e. The molecule has 0 aliphatic carbocycles. The molecule has 0 radical (unpaired) electrons. The summed E-state index contributed by atoms with van der Waals surface area (Å²) in [5.74, 6) is 0.845. The Balaban J connectivity index is 3.18. The van der Waals surface area contributed by atoms with Crippen LogP contribution in [-0.4, -0.2) is 20.4 Å². The Morgan fingerprint density at radius 3 is 2.31 bits per heavy atom. The predicted molar refractivity (Wildman–Crippen MR) is 56.8 cm³/mol. The van der Waals surface area contributed by atoms with Gasteiger partial charge in [-0.1, -0.05) is 0 Å². The van der Waals surface area contributed by atoms with E-state index in [1.807, 2.05) is 25.1 Å². The highest BCUT2D eigenvalue weighted by atomic mass is 31.2. The van der Waals surface area contributed by atoms with Crippen molar-refractivity contribution in [3.8, 4) is 5.75 Å². The van der Waals surface area contributed by atoms with Crippen molar-refractivity contribution >= 4 is 12.4 Å². The molecule has 0 bridgehead atoms. The molecule has 0 saturated heterocycles. The van der Waals surface area contributed by atoms with E-state index in [0.29, 0.717) is 0 Å². The predicted octanol–water partition coefficient (Wildman–Crippen LogP) is 2.25. The van der Waals surface area contributed by atoms with E-state index in [1.54, 1.807) is 20.4 Å². The fourth-order valence-electron chi connectivity index (χ4n) is 1.20. The minimum absolute atomic E-state index is 0.845. The van der Waals surface area contributed by atoms with Gasteiger partial charge < -0.3 is 9.30 Å². The maximum Gasteiger partial charge on any atom is 0.121 e. The highest BCUT2D eigenvalue weighted by Crippen LogP contribution is 2.35. The van der Waals surface area contributed by atoms with Crippen LogP contribution in [0.3, 0.4) is 0 Å². The Morgan fingerprint density at radius 1 is 1.31 bits per heavy atom. The molecule has 0 atom stereocenters. The molecule has 0 aliphatic rings. The van der Waals surface area contributed by atoms with Gasteiger partial charge in [0.05, 0.1) is 7.11 Å². The molecule has 0 amide bonds. The molecule has 0 aliphatic heterocycles. The highest BCUT2D eigenvalue weighted by Gasteiger charge is 2.11. The Kier molecular flexibility index (Phi) is 2.82. The van der Waals surface area contributed by atoms with Crippen molar-refractivity contribution in [2.75, 3.05) is 20.4 Å². The summed E-state index contributed by atoms with van der Waals surface area (Å²) in [6, 6.07) is 5.66. The van der Waals surface area contributed by atoms with Gasteiger partial charge >= 0.3 is 0 Å². The van der Waals surface area contributed by atoms with Crippen molar-refractivity contribution in [2.45, 2.75) is 6.92 Å². The van der Waals surface area contributed by atoms with Gasteiger partial charge in [-0.2, -0.15) is 0 Å². The molecule has 0 aromatic heterocycles. The first-order chi connectivity index (χ1) is 5.95. The van der Waals surface area contributed by atoms with E-state index in [2.05, 4.69) is 0 Å². The summed E-state index contributed by atoms with van der Waals surface area (Å²) in [6.07, 6.45) is 0. The summed E-state index contributed by atoms with van der Waals surface area (Å²) < 4.78 is 16.9. The van der Waals surface area contributed by atoms with Crippen LogP contribution < -0.4 is 10.0 Å². The lowest BCUT2D eigenvalue weighted by molar-refractivity contribution is 0.412. The number of hydrogen-bond acceptors (Lipinski definition) is 2. The Morgan fingerprint density at radius 2 is 1.92 bits per heavy atom. The first-order valence-corrected chi connectivity index (χ1v) is 6.75. The molecule has 0 N–H and O–H groups in total. The minimum Gasteiger partial charge on any atom is -0.496 e. The molecule has 13 heavy (non-hydrogen) atoms. The molecular formula is C10H15O2P. The molecule has 1 aromatic carbocycles. The van der Waals surface area contributed by atoms with E-state index >= 15 is 0 Å². The van der Waals surface area contributed by atoms with Gasteiger partial charge in [0, 0.05) is 5.30 Å². The van der Waals surface area contributed by atoms with Gasteiger partial charge in [-0.3, -0.25) is 0 Å². The van der Waals surface area contributed by atoms with Crippen LogP contribution in [0.2, 0.25) is 0 Å². The molecule has 2 nitrogen and oxygen atoms in total. The second kappa shape index (κ2) is 3.55. The van der Waals surface area contributed by atoms with Crippen LogP contribution in [0.1, 0.15) is 5.56 Å². The summed E-state index contributed by atoms with van der Waals surface area (Å²) in [4.78, 5) is 0. The van der Waals surface area contributed by atoms with Crippen LogP contribution in [0, 0.1) is 6.92 Å². The molecule has 0 spiro atoms. The summed E-state index contributed by atoms with van der Waals surface area (Å²) in [7, 11) is -0.493. The van der Waals surface area contributed by atoms with Crippen LogP contribution >= 0.6 is 7.14 Å². The average molecular weight is 198 g/mol. The van der Waals surface area contributed by atoms with E-state index in [1.165, 1.54) is 0 Å². The third-order valence-electron chi connectivity index (χ3n) is 2.00. The molecule has 0 saturated carbocycles. The van der Waals surface area contributed by atoms with Gasteiger partial charge in [-0.25, -0.2) is 0 Å². The van der Waals surface area contributed by atoms with Crippen LogP contribution in [0.15, 0.2) is 18.2 Å². The van der Waals surface area contributed by atoms with Gasteiger partial charge in [0.2, 0.25) is 0 Å². The lowest BCUT2D eigenvalue weighted by Crippen LogP contribution is -2.03. The van der Waals surface area contributed by atoms with Crippen LogP contribution in [-0.2, 0) is 4.57 Å². The van der Waals surface area contributed by atoms with Gasteiger partial charge in [0.15, 0.2) is 0 Å². The fraction of sp³-hybridized carbons (Fsp3) is 0.400. The number of methoxy groups -OCH3 is 1. The molecular weight excluding hydrogens is 183 g/mol. The van der Waals surface area contributed by atoms with E-state index in [9.17, 15) is 4.57 Å². The van der Waals surface area contributed by atoms with Crippen molar-refractivity contribution < 1.29 is 9.30 Å². The average Bonchev–Trinajstić information content (AvgIpc) is 2.02. The van der Waals surface area contributed by atoms with Gasteiger partial charge in [0.25, 0.3) is 0 Å². The van der Waals surface area contributed by atoms with Gasteiger partial charge in [-0.15, -0.1) is 0 Å². The first kappa shape index (κ1) is 10.3. The molecule has 0 fully saturated rings. The summed E-state index contributed by atoms with van der Waals surface area (Å²) in [5.41, 5.74) is 1.03. The Hall–Kier alpha value is -0.750. The normalized spacial score (nSPS) is 11.4. The molecule has 3 heteroatoms. The monoisotopic (exact) mass is 198 g/mol. The molecule has 0 heterocycles. The number of hydrogen-bond donors (Lipinski definition) is 0. The number of rotatable bonds is 2. The zero-order valence-electron chi connectivity index (χ0n) is 8.50. The third kappa shape index (κ3) is 2.35. The summed E-state index contributed by atoms with van der Waals surface area (Å²) in [5, 5.41) is 0.908. The lowest BCUT2D eigenvalue weighted by Gasteiger charge is -2.10. The van der Waals surface area contributed by atoms with Gasteiger partial charge in [0.1, 0.15) is 12.9 Å². The van der Waals surface area contributed by atoms with Gasteiger partial charge in [-0.05, 0) is 44.0 Å². The number of aryl methyl sites for hydroxylation is 1. The minimum atomic E-state index is -2.13. The molecule has 1 rings (SSSR count). The Bertz CT molecular complexity index is 352. The number of benzene rings is 1. The largest absolute Gasteiger partial charge is 0.496 e. The summed E-state index contributed by atoms with van der Waals surface area (Å²) in [6.45, 7) is 5.50. The van der Waals surface area contributed by atoms with Crippen molar-refractivity contribution in [3.05, 3.63) is 23.8 Å². The van der Waals surface area contributed by atoms with Crippen LogP contribution in [0.5, 0.6) is 5.75 Å². The van der Waals surface area contributed by atoms with E-state index < -0.39 is 7.14 Å². The van der Waals surface area contributed by atoms with Crippen molar-refractivity contribution in [2.24, 2.45) is 0 Å². The van der Waals surface area contributed by atoms with E-state index in [0.717, 1.165) is 16.6 Å². The topological polar surface area (TPSA) is 26.3 Å². The van der Waals surface area contributed by atoms with Crippen molar-refractivity contribution in [3.63, 3.8) is 0 Å². The second-order valence-electron chi connectivity index (χ2n) is 3.50. The second-order valence-corrected chi connectivity index (χ2v) is 6.72. The maximum absolute atomic E-state index is 11.7. The van der Waals surface area contributed by atoms with E-state index in [4.69, 9.17) is 4.74 Å². The summed E-state index contributed by atoms with van der Waals surface area (Å²) >= 11 is 0. The first-order valence-electron chi connectivity index (χ1n) is 4.15. The zero-order valence-corrected chi connectivity index (χ0v) is 9.39. The quantitative estimate of drug-likeness (QED) is 0.681.